The fraction of sp³-hybridized carbons (Fsp3) is 0.222. The number of nitrogen functional groups attached to an aromatic ring is 1. The lowest BCUT2D eigenvalue weighted by Gasteiger charge is -1.99. The second-order valence-electron chi connectivity index (χ2n) is 2.91. The van der Waals surface area contributed by atoms with E-state index in [4.69, 9.17) is 10.5 Å². The first-order chi connectivity index (χ1) is 7.28. The summed E-state index contributed by atoms with van der Waals surface area (Å²) >= 11 is 0. The highest BCUT2D eigenvalue weighted by Gasteiger charge is 2.02. The highest BCUT2D eigenvalue weighted by molar-refractivity contribution is 5.31. The Labute approximate surface area is 86.7 Å². The topological polar surface area (TPSA) is 78.9 Å². The molecule has 0 aliphatic rings. The summed E-state index contributed by atoms with van der Waals surface area (Å²) < 4.78 is 7.06. The van der Waals surface area contributed by atoms with Crippen LogP contribution in [-0.4, -0.2) is 19.7 Å². The molecule has 0 unspecified atom stereocenters. The normalized spacial score (nSPS) is 10.2. The van der Waals surface area contributed by atoms with Gasteiger partial charge in [0, 0.05) is 18.8 Å². The van der Waals surface area contributed by atoms with Crippen LogP contribution in [0.25, 0.3) is 0 Å². The van der Waals surface area contributed by atoms with Gasteiger partial charge in [-0.15, -0.1) is 5.10 Å². The van der Waals surface area contributed by atoms with E-state index < -0.39 is 0 Å². The van der Waals surface area contributed by atoms with Crippen LogP contribution < -0.4 is 10.5 Å². The maximum atomic E-state index is 5.45. The lowest BCUT2D eigenvalue weighted by Crippen LogP contribution is -1.97. The van der Waals surface area contributed by atoms with Gasteiger partial charge < -0.3 is 10.5 Å². The molecule has 0 aromatic carbocycles. The van der Waals surface area contributed by atoms with Crippen LogP contribution in [0, 0.1) is 0 Å². The van der Waals surface area contributed by atoms with Gasteiger partial charge in [0.15, 0.2) is 0 Å². The lowest BCUT2D eigenvalue weighted by atomic mass is 10.6. The van der Waals surface area contributed by atoms with Crippen molar-refractivity contribution in [3.8, 4) is 11.9 Å². The summed E-state index contributed by atoms with van der Waals surface area (Å²) in [5.74, 6) is 0.474. The van der Waals surface area contributed by atoms with E-state index in [0.717, 1.165) is 6.54 Å². The van der Waals surface area contributed by atoms with E-state index in [9.17, 15) is 0 Å². The van der Waals surface area contributed by atoms with Crippen molar-refractivity contribution in [3.63, 3.8) is 0 Å². The third-order valence-electron chi connectivity index (χ3n) is 1.78. The molecule has 2 rings (SSSR count). The first-order valence-corrected chi connectivity index (χ1v) is 4.57. The minimum absolute atomic E-state index is 0.241. The molecule has 2 aromatic heterocycles. The average Bonchev–Trinajstić information content (AvgIpc) is 2.69. The highest BCUT2D eigenvalue weighted by Crippen LogP contribution is 2.14. The van der Waals surface area contributed by atoms with Crippen molar-refractivity contribution < 1.29 is 4.74 Å². The van der Waals surface area contributed by atoms with E-state index in [0.29, 0.717) is 11.6 Å². The Morgan fingerprint density at radius 3 is 2.73 bits per heavy atom. The van der Waals surface area contributed by atoms with E-state index in [1.54, 1.807) is 10.7 Å². The standard InChI is InChI=1S/C9H11N5O/c1-2-14-4-3-8(13-14)15-9-11-5-7(10)6-12-9/h3-6H,2,10H2,1H3. The van der Waals surface area contributed by atoms with Crippen LogP contribution in [0.2, 0.25) is 0 Å². The molecular weight excluding hydrogens is 194 g/mol. The van der Waals surface area contributed by atoms with Gasteiger partial charge in [0.1, 0.15) is 0 Å². The van der Waals surface area contributed by atoms with Gasteiger partial charge in [-0.3, -0.25) is 4.68 Å². The average molecular weight is 205 g/mol. The molecule has 0 saturated carbocycles. The molecule has 0 saturated heterocycles. The van der Waals surface area contributed by atoms with Gasteiger partial charge in [0.2, 0.25) is 5.88 Å². The molecule has 0 atom stereocenters. The number of nitrogens with two attached hydrogens (primary N) is 1. The Hall–Kier alpha value is -2.11. The minimum atomic E-state index is 0.241. The molecule has 2 N–H and O–H groups in total. The zero-order valence-corrected chi connectivity index (χ0v) is 8.29. The zero-order valence-electron chi connectivity index (χ0n) is 8.29. The SMILES string of the molecule is CCn1ccc(Oc2ncc(N)cn2)n1. The second-order valence-corrected chi connectivity index (χ2v) is 2.91. The molecule has 0 radical (unpaired) electrons. The number of nitrogens with zero attached hydrogens (tertiary/aromatic N) is 4. The fourth-order valence-electron chi connectivity index (χ4n) is 1.05. The zero-order chi connectivity index (χ0) is 10.7. The lowest BCUT2D eigenvalue weighted by molar-refractivity contribution is 0.415. The maximum absolute atomic E-state index is 5.45. The van der Waals surface area contributed by atoms with Gasteiger partial charge in [-0.05, 0) is 6.92 Å². The molecule has 0 fully saturated rings. The molecule has 0 aliphatic heterocycles. The Morgan fingerprint density at radius 1 is 1.40 bits per heavy atom. The van der Waals surface area contributed by atoms with Crippen LogP contribution in [0.1, 0.15) is 6.92 Å². The summed E-state index contributed by atoms with van der Waals surface area (Å²) in [5, 5.41) is 4.13. The Bertz CT molecular complexity index is 436. The van der Waals surface area contributed by atoms with Crippen LogP contribution in [0.3, 0.4) is 0 Å². The molecule has 0 spiro atoms. The minimum Gasteiger partial charge on any atom is -0.404 e. The third kappa shape index (κ3) is 2.22. The molecule has 78 valence electrons. The first-order valence-electron chi connectivity index (χ1n) is 4.57. The Morgan fingerprint density at radius 2 is 2.13 bits per heavy atom. The van der Waals surface area contributed by atoms with Gasteiger partial charge in [0.05, 0.1) is 18.1 Å². The molecule has 0 aliphatic carbocycles. The smallest absolute Gasteiger partial charge is 0.323 e. The molecule has 2 heterocycles. The van der Waals surface area contributed by atoms with Crippen molar-refractivity contribution in [2.75, 3.05) is 5.73 Å². The third-order valence-corrected chi connectivity index (χ3v) is 1.78. The van der Waals surface area contributed by atoms with Gasteiger partial charge in [-0.1, -0.05) is 0 Å². The van der Waals surface area contributed by atoms with Crippen LogP contribution in [0.4, 0.5) is 5.69 Å². The maximum Gasteiger partial charge on any atom is 0.323 e. The number of ether oxygens (including phenoxy) is 1. The molecular formula is C9H11N5O. The van der Waals surface area contributed by atoms with Gasteiger partial charge >= 0.3 is 6.01 Å². The van der Waals surface area contributed by atoms with Gasteiger partial charge in [-0.2, -0.15) is 0 Å². The first kappa shape index (κ1) is 9.45. The number of aromatic nitrogens is 4. The predicted octanol–water partition coefficient (Wildman–Crippen LogP) is 1.07. The summed E-state index contributed by atoms with van der Waals surface area (Å²) in [6.45, 7) is 2.79. The van der Waals surface area contributed by atoms with Crippen molar-refractivity contribution in [2.24, 2.45) is 0 Å². The largest absolute Gasteiger partial charge is 0.404 e. The Kier molecular flexibility index (Phi) is 2.49. The highest BCUT2D eigenvalue weighted by atomic mass is 16.5. The monoisotopic (exact) mass is 205 g/mol. The van der Waals surface area contributed by atoms with Gasteiger partial charge in [0.25, 0.3) is 0 Å². The number of aryl methyl sites for hydroxylation is 1. The van der Waals surface area contributed by atoms with Gasteiger partial charge in [-0.25, -0.2) is 9.97 Å². The van der Waals surface area contributed by atoms with Crippen molar-refractivity contribution in [3.05, 3.63) is 24.7 Å². The molecule has 0 amide bonds. The van der Waals surface area contributed by atoms with Crippen LogP contribution in [0.5, 0.6) is 11.9 Å². The molecule has 15 heavy (non-hydrogen) atoms. The van der Waals surface area contributed by atoms with E-state index >= 15 is 0 Å². The molecule has 6 nitrogen and oxygen atoms in total. The molecule has 0 bridgehead atoms. The quantitative estimate of drug-likeness (QED) is 0.810. The van der Waals surface area contributed by atoms with E-state index in [-0.39, 0.29) is 6.01 Å². The van der Waals surface area contributed by atoms with Crippen LogP contribution in [0.15, 0.2) is 24.7 Å². The van der Waals surface area contributed by atoms with E-state index in [1.807, 2.05) is 13.1 Å². The summed E-state index contributed by atoms with van der Waals surface area (Å²) in [4.78, 5) is 7.80. The number of hydrogen-bond donors (Lipinski definition) is 1. The van der Waals surface area contributed by atoms with Crippen molar-refractivity contribution in [2.45, 2.75) is 13.5 Å². The molecule has 2 aromatic rings. The summed E-state index contributed by atoms with van der Waals surface area (Å²) in [6.07, 6.45) is 4.80. The Balaban J connectivity index is 2.11. The number of hydrogen-bond acceptors (Lipinski definition) is 5. The number of anilines is 1. The molecule has 6 heteroatoms. The van der Waals surface area contributed by atoms with Crippen LogP contribution in [-0.2, 0) is 6.54 Å². The number of rotatable bonds is 3. The summed E-state index contributed by atoms with van der Waals surface area (Å²) in [7, 11) is 0. The van der Waals surface area contributed by atoms with E-state index in [1.165, 1.54) is 12.4 Å². The summed E-state index contributed by atoms with van der Waals surface area (Å²) in [6, 6.07) is 1.99. The second kappa shape index (κ2) is 3.95. The van der Waals surface area contributed by atoms with Crippen molar-refractivity contribution in [1.82, 2.24) is 19.7 Å². The van der Waals surface area contributed by atoms with Crippen molar-refractivity contribution >= 4 is 5.69 Å². The predicted molar refractivity (Wildman–Crippen MR) is 54.4 cm³/mol. The summed E-state index contributed by atoms with van der Waals surface area (Å²) in [5.41, 5.74) is 5.95. The van der Waals surface area contributed by atoms with E-state index in [2.05, 4.69) is 15.1 Å². The van der Waals surface area contributed by atoms with Crippen LogP contribution >= 0.6 is 0 Å². The fourth-order valence-corrected chi connectivity index (χ4v) is 1.05. The van der Waals surface area contributed by atoms with Crippen molar-refractivity contribution in [1.29, 1.82) is 0 Å².